The van der Waals surface area contributed by atoms with E-state index in [1.54, 1.807) is 0 Å². The summed E-state index contributed by atoms with van der Waals surface area (Å²) in [4.78, 5) is 2.35. The molecule has 1 N–H and O–H groups in total. The Morgan fingerprint density at radius 1 is 1.21 bits per heavy atom. The molecule has 2 nitrogen and oxygen atoms in total. The molecule has 0 atom stereocenters. The molecule has 0 amide bonds. The molecule has 14 heavy (non-hydrogen) atoms. The molecule has 0 unspecified atom stereocenters. The van der Waals surface area contributed by atoms with Crippen molar-refractivity contribution in [3.05, 3.63) is 0 Å². The summed E-state index contributed by atoms with van der Waals surface area (Å²) in [7, 11) is 0. The first-order valence-electron chi connectivity index (χ1n) is 6.17. The van der Waals surface area contributed by atoms with Crippen LogP contribution in [0.25, 0.3) is 0 Å². The van der Waals surface area contributed by atoms with Crippen LogP contribution in [0.4, 0.5) is 0 Å². The van der Waals surface area contributed by atoms with Crippen molar-refractivity contribution in [2.24, 2.45) is 17.8 Å². The third-order valence-corrected chi connectivity index (χ3v) is 4.11. The number of hydrogen-bond acceptors (Lipinski definition) is 1. The molecule has 3 rings (SSSR count). The lowest BCUT2D eigenvalue weighted by Crippen LogP contribution is -2.31. The van der Waals surface area contributed by atoms with Crippen molar-refractivity contribution in [2.75, 3.05) is 13.1 Å². The first-order valence-corrected chi connectivity index (χ1v) is 6.17. The molecular weight excluding hydrogens is 172 g/mol. The molecule has 0 aromatic heterocycles. The van der Waals surface area contributed by atoms with Crippen LogP contribution in [0.2, 0.25) is 0 Å². The van der Waals surface area contributed by atoms with E-state index in [9.17, 15) is 0 Å². The normalized spacial score (nSPS) is 27.8. The minimum Gasteiger partial charge on any atom is -0.360 e. The Hall–Kier alpha value is -0.530. The summed E-state index contributed by atoms with van der Waals surface area (Å²) >= 11 is 0. The van der Waals surface area contributed by atoms with Gasteiger partial charge in [0.25, 0.3) is 0 Å². The highest BCUT2D eigenvalue weighted by atomic mass is 15.2. The molecule has 0 bridgehead atoms. The molecule has 2 saturated carbocycles. The molecule has 0 aromatic rings. The summed E-state index contributed by atoms with van der Waals surface area (Å²) in [5, 5.41) is 7.85. The first-order chi connectivity index (χ1) is 6.84. The van der Waals surface area contributed by atoms with Crippen LogP contribution < -0.4 is 0 Å². The number of likely N-dealkylation sites (tertiary alicyclic amines) is 1. The van der Waals surface area contributed by atoms with Crippen LogP contribution in [0.5, 0.6) is 0 Å². The van der Waals surface area contributed by atoms with Crippen molar-refractivity contribution in [1.82, 2.24) is 4.90 Å². The van der Waals surface area contributed by atoms with Gasteiger partial charge < -0.3 is 4.90 Å². The number of hydrogen-bond donors (Lipinski definition) is 1. The van der Waals surface area contributed by atoms with Crippen LogP contribution in [0.3, 0.4) is 0 Å². The van der Waals surface area contributed by atoms with Gasteiger partial charge in [-0.15, -0.1) is 0 Å². The molecule has 0 aromatic carbocycles. The molecule has 78 valence electrons. The van der Waals surface area contributed by atoms with Gasteiger partial charge >= 0.3 is 0 Å². The fraction of sp³-hybridized carbons (Fsp3) is 0.917. The smallest absolute Gasteiger partial charge is 0.0958 e. The highest BCUT2D eigenvalue weighted by Gasteiger charge is 2.42. The van der Waals surface area contributed by atoms with Crippen LogP contribution >= 0.6 is 0 Å². The Morgan fingerprint density at radius 2 is 1.86 bits per heavy atom. The van der Waals surface area contributed by atoms with E-state index in [0.29, 0.717) is 0 Å². The van der Waals surface area contributed by atoms with Gasteiger partial charge in [-0.05, 0) is 49.9 Å². The predicted molar refractivity (Wildman–Crippen MR) is 57.5 cm³/mol. The zero-order valence-corrected chi connectivity index (χ0v) is 8.84. The number of rotatable bonds is 4. The molecule has 3 fully saturated rings. The van der Waals surface area contributed by atoms with Crippen LogP contribution in [-0.2, 0) is 0 Å². The third-order valence-electron chi connectivity index (χ3n) is 4.11. The summed E-state index contributed by atoms with van der Waals surface area (Å²) < 4.78 is 0. The van der Waals surface area contributed by atoms with E-state index in [2.05, 4.69) is 4.90 Å². The highest BCUT2D eigenvalue weighted by Crippen LogP contribution is 2.49. The summed E-state index contributed by atoms with van der Waals surface area (Å²) in [6.45, 7) is 2.38. The highest BCUT2D eigenvalue weighted by molar-refractivity contribution is 5.80. The molecular formula is C12H20N2. The predicted octanol–water partition coefficient (Wildman–Crippen LogP) is 2.50. The van der Waals surface area contributed by atoms with Gasteiger partial charge in [0.2, 0.25) is 0 Å². The maximum absolute atomic E-state index is 7.85. The quantitative estimate of drug-likeness (QED) is 0.728. The average Bonchev–Trinajstić information content (AvgIpc) is 3.05. The van der Waals surface area contributed by atoms with Crippen LogP contribution in [0, 0.1) is 23.2 Å². The number of nitrogens with one attached hydrogen (secondary N) is 1. The molecule has 1 aliphatic heterocycles. The summed E-state index contributed by atoms with van der Waals surface area (Å²) in [5.74, 6) is 3.94. The van der Waals surface area contributed by atoms with E-state index in [-0.39, 0.29) is 0 Å². The van der Waals surface area contributed by atoms with Crippen molar-refractivity contribution < 1.29 is 0 Å². The Bertz CT molecular complexity index is 229. The minimum absolute atomic E-state index is 0.913. The molecule has 2 heteroatoms. The second-order valence-electron chi connectivity index (χ2n) is 5.33. The largest absolute Gasteiger partial charge is 0.360 e. The second-order valence-corrected chi connectivity index (χ2v) is 5.33. The fourth-order valence-electron chi connectivity index (χ4n) is 2.92. The van der Waals surface area contributed by atoms with E-state index in [1.165, 1.54) is 38.6 Å². The van der Waals surface area contributed by atoms with Crippen molar-refractivity contribution in [3.63, 3.8) is 0 Å². The minimum atomic E-state index is 0.913. The Kier molecular flexibility index (Phi) is 2.03. The lowest BCUT2D eigenvalue weighted by atomic mass is 9.97. The van der Waals surface area contributed by atoms with Gasteiger partial charge in [-0.3, -0.25) is 5.41 Å². The van der Waals surface area contributed by atoms with Crippen molar-refractivity contribution in [3.8, 4) is 0 Å². The zero-order chi connectivity index (χ0) is 9.54. The molecule has 1 heterocycles. The van der Waals surface area contributed by atoms with Gasteiger partial charge in [-0.2, -0.15) is 0 Å². The zero-order valence-electron chi connectivity index (χ0n) is 8.84. The Labute approximate surface area is 86.2 Å². The lowest BCUT2D eigenvalue weighted by molar-refractivity contribution is 0.298. The van der Waals surface area contributed by atoms with Gasteiger partial charge in [0.15, 0.2) is 0 Å². The molecule has 2 aliphatic carbocycles. The monoisotopic (exact) mass is 192 g/mol. The van der Waals surface area contributed by atoms with Gasteiger partial charge in [0.1, 0.15) is 0 Å². The van der Waals surface area contributed by atoms with Gasteiger partial charge in [-0.1, -0.05) is 0 Å². The summed E-state index contributed by atoms with van der Waals surface area (Å²) in [6, 6.07) is 0. The van der Waals surface area contributed by atoms with E-state index in [0.717, 1.165) is 36.6 Å². The van der Waals surface area contributed by atoms with Crippen molar-refractivity contribution >= 4 is 5.84 Å². The number of amidine groups is 1. The van der Waals surface area contributed by atoms with Gasteiger partial charge in [0.05, 0.1) is 5.84 Å². The second kappa shape index (κ2) is 3.25. The SMILES string of the molecule is N=C1CCCN1CC(C1CC1)C1CC1. The van der Waals surface area contributed by atoms with Crippen molar-refractivity contribution in [1.29, 1.82) is 5.41 Å². The summed E-state index contributed by atoms with van der Waals surface area (Å²) in [6.07, 6.45) is 8.15. The van der Waals surface area contributed by atoms with Crippen LogP contribution in [0.15, 0.2) is 0 Å². The van der Waals surface area contributed by atoms with E-state index >= 15 is 0 Å². The topological polar surface area (TPSA) is 27.1 Å². The van der Waals surface area contributed by atoms with Crippen molar-refractivity contribution in [2.45, 2.75) is 38.5 Å². The van der Waals surface area contributed by atoms with E-state index in [1.807, 2.05) is 0 Å². The van der Waals surface area contributed by atoms with Crippen LogP contribution in [-0.4, -0.2) is 23.8 Å². The number of nitrogens with zero attached hydrogens (tertiary/aromatic N) is 1. The lowest BCUT2D eigenvalue weighted by Gasteiger charge is -2.24. The third kappa shape index (κ3) is 1.67. The average molecular weight is 192 g/mol. The standard InChI is InChI=1S/C12H20N2/c13-12-2-1-7-14(12)8-11(9-3-4-9)10-5-6-10/h9-11,13H,1-8H2. The van der Waals surface area contributed by atoms with Crippen LogP contribution in [0.1, 0.15) is 38.5 Å². The molecule has 0 spiro atoms. The van der Waals surface area contributed by atoms with E-state index in [4.69, 9.17) is 5.41 Å². The first kappa shape index (κ1) is 8.75. The Balaban J connectivity index is 1.60. The maximum Gasteiger partial charge on any atom is 0.0958 e. The molecule has 0 radical (unpaired) electrons. The summed E-state index contributed by atoms with van der Waals surface area (Å²) in [5.41, 5.74) is 0. The fourth-order valence-corrected chi connectivity index (χ4v) is 2.92. The van der Waals surface area contributed by atoms with E-state index < -0.39 is 0 Å². The maximum atomic E-state index is 7.85. The van der Waals surface area contributed by atoms with Gasteiger partial charge in [-0.25, -0.2) is 0 Å². The molecule has 3 aliphatic rings. The van der Waals surface area contributed by atoms with Gasteiger partial charge in [0, 0.05) is 19.5 Å². The Morgan fingerprint density at radius 3 is 2.29 bits per heavy atom. The molecule has 1 saturated heterocycles.